The monoisotopic (exact) mass is 197 g/mol. The standard InChI is InChI=1S/C10H12ClNO/c1-2-9(12)10(13)7-5-3-4-6-8(7)11/h3-6,9H,2,12H2,1H3. The van der Waals surface area contributed by atoms with Crippen molar-refractivity contribution in [2.45, 2.75) is 19.4 Å². The molecule has 0 aromatic heterocycles. The van der Waals surface area contributed by atoms with E-state index in [1.54, 1.807) is 24.3 Å². The predicted octanol–water partition coefficient (Wildman–Crippen LogP) is 2.26. The number of nitrogens with two attached hydrogens (primary N) is 1. The van der Waals surface area contributed by atoms with E-state index in [4.69, 9.17) is 17.3 Å². The molecule has 0 spiro atoms. The lowest BCUT2D eigenvalue weighted by Crippen LogP contribution is -2.29. The van der Waals surface area contributed by atoms with Crippen molar-refractivity contribution in [2.75, 3.05) is 0 Å². The van der Waals surface area contributed by atoms with E-state index in [0.717, 1.165) is 0 Å². The van der Waals surface area contributed by atoms with Crippen LogP contribution in [0.3, 0.4) is 0 Å². The summed E-state index contributed by atoms with van der Waals surface area (Å²) in [5.74, 6) is -0.0897. The van der Waals surface area contributed by atoms with Crippen LogP contribution in [-0.4, -0.2) is 11.8 Å². The van der Waals surface area contributed by atoms with Gasteiger partial charge in [-0.1, -0.05) is 30.7 Å². The fourth-order valence-electron chi connectivity index (χ4n) is 1.05. The van der Waals surface area contributed by atoms with Crippen molar-refractivity contribution >= 4 is 17.4 Å². The quantitative estimate of drug-likeness (QED) is 0.756. The first-order chi connectivity index (χ1) is 6.16. The van der Waals surface area contributed by atoms with Crippen LogP contribution < -0.4 is 5.73 Å². The van der Waals surface area contributed by atoms with Crippen molar-refractivity contribution in [1.29, 1.82) is 0 Å². The van der Waals surface area contributed by atoms with Crippen LogP contribution in [-0.2, 0) is 0 Å². The second-order valence-electron chi connectivity index (χ2n) is 2.86. The number of benzene rings is 1. The fourth-order valence-corrected chi connectivity index (χ4v) is 1.28. The van der Waals surface area contributed by atoms with Gasteiger partial charge in [0, 0.05) is 5.56 Å². The molecular weight excluding hydrogens is 186 g/mol. The Morgan fingerprint density at radius 1 is 1.54 bits per heavy atom. The molecule has 13 heavy (non-hydrogen) atoms. The molecule has 0 aliphatic heterocycles. The minimum atomic E-state index is -0.445. The molecule has 3 heteroatoms. The highest BCUT2D eigenvalue weighted by atomic mass is 35.5. The number of ketones is 1. The third-order valence-electron chi connectivity index (χ3n) is 1.92. The molecule has 0 amide bonds. The van der Waals surface area contributed by atoms with Crippen LogP contribution >= 0.6 is 11.6 Å². The number of carbonyl (C=O) groups is 1. The van der Waals surface area contributed by atoms with E-state index in [2.05, 4.69) is 0 Å². The van der Waals surface area contributed by atoms with Crippen LogP contribution in [0, 0.1) is 0 Å². The van der Waals surface area contributed by atoms with Crippen molar-refractivity contribution in [3.05, 3.63) is 34.9 Å². The van der Waals surface area contributed by atoms with Crippen LogP contribution in [0.5, 0.6) is 0 Å². The zero-order valence-electron chi connectivity index (χ0n) is 7.46. The van der Waals surface area contributed by atoms with Crippen LogP contribution in [0.2, 0.25) is 5.02 Å². The van der Waals surface area contributed by atoms with Gasteiger partial charge < -0.3 is 5.73 Å². The summed E-state index contributed by atoms with van der Waals surface area (Å²) in [6.07, 6.45) is 0.629. The van der Waals surface area contributed by atoms with Gasteiger partial charge >= 0.3 is 0 Å². The molecule has 0 fully saturated rings. The summed E-state index contributed by atoms with van der Waals surface area (Å²) in [6.45, 7) is 1.87. The zero-order valence-corrected chi connectivity index (χ0v) is 8.21. The van der Waals surface area contributed by atoms with E-state index < -0.39 is 6.04 Å². The van der Waals surface area contributed by atoms with Gasteiger partial charge in [-0.05, 0) is 18.6 Å². The maximum absolute atomic E-state index is 11.6. The Balaban J connectivity index is 2.95. The highest BCUT2D eigenvalue weighted by Gasteiger charge is 2.15. The van der Waals surface area contributed by atoms with E-state index in [0.29, 0.717) is 17.0 Å². The average molecular weight is 198 g/mol. The third kappa shape index (κ3) is 2.29. The van der Waals surface area contributed by atoms with E-state index in [1.807, 2.05) is 6.92 Å². The Labute approximate surface area is 82.7 Å². The van der Waals surface area contributed by atoms with E-state index >= 15 is 0 Å². The molecule has 0 saturated heterocycles. The number of hydrogen-bond acceptors (Lipinski definition) is 2. The summed E-state index contributed by atoms with van der Waals surface area (Å²) in [4.78, 5) is 11.6. The second kappa shape index (κ2) is 4.40. The van der Waals surface area contributed by atoms with Crippen molar-refractivity contribution in [2.24, 2.45) is 5.73 Å². The summed E-state index contributed by atoms with van der Waals surface area (Å²) in [5, 5.41) is 0.469. The molecule has 0 heterocycles. The molecule has 0 radical (unpaired) electrons. The average Bonchev–Trinajstić information content (AvgIpc) is 2.16. The van der Waals surface area contributed by atoms with Crippen LogP contribution in [0.4, 0.5) is 0 Å². The maximum atomic E-state index is 11.6. The number of Topliss-reactive ketones (excluding diaryl/α,β-unsaturated/α-hetero) is 1. The Hall–Kier alpha value is -0.860. The summed E-state index contributed by atoms with van der Waals surface area (Å²) in [7, 11) is 0. The van der Waals surface area contributed by atoms with Crippen molar-refractivity contribution in [3.63, 3.8) is 0 Å². The molecule has 1 rings (SSSR count). The molecule has 0 saturated carbocycles. The minimum Gasteiger partial charge on any atom is -0.321 e. The summed E-state index contributed by atoms with van der Waals surface area (Å²) in [5.41, 5.74) is 6.12. The molecule has 2 nitrogen and oxygen atoms in total. The van der Waals surface area contributed by atoms with Gasteiger partial charge in [0.25, 0.3) is 0 Å². The predicted molar refractivity (Wildman–Crippen MR) is 54.0 cm³/mol. The summed E-state index contributed by atoms with van der Waals surface area (Å²) in [6, 6.07) is 6.51. The van der Waals surface area contributed by atoms with Crippen molar-refractivity contribution in [3.8, 4) is 0 Å². The largest absolute Gasteiger partial charge is 0.321 e. The molecule has 1 atom stereocenters. The SMILES string of the molecule is CCC(N)C(=O)c1ccccc1Cl. The molecule has 1 unspecified atom stereocenters. The normalized spacial score (nSPS) is 12.5. The smallest absolute Gasteiger partial charge is 0.180 e. The Morgan fingerprint density at radius 3 is 2.69 bits per heavy atom. The Morgan fingerprint density at radius 2 is 2.15 bits per heavy atom. The van der Waals surface area contributed by atoms with Crippen molar-refractivity contribution in [1.82, 2.24) is 0 Å². The lowest BCUT2D eigenvalue weighted by Gasteiger charge is -2.08. The van der Waals surface area contributed by atoms with E-state index in [1.165, 1.54) is 0 Å². The molecule has 0 bridgehead atoms. The van der Waals surface area contributed by atoms with Gasteiger partial charge in [-0.3, -0.25) is 4.79 Å². The van der Waals surface area contributed by atoms with Gasteiger partial charge in [-0.15, -0.1) is 0 Å². The molecule has 1 aromatic carbocycles. The molecule has 0 aliphatic carbocycles. The topological polar surface area (TPSA) is 43.1 Å². The van der Waals surface area contributed by atoms with Gasteiger partial charge in [0.1, 0.15) is 0 Å². The van der Waals surface area contributed by atoms with Crippen molar-refractivity contribution < 1.29 is 4.79 Å². The van der Waals surface area contributed by atoms with E-state index in [-0.39, 0.29) is 5.78 Å². The maximum Gasteiger partial charge on any atom is 0.180 e. The highest BCUT2D eigenvalue weighted by molar-refractivity contribution is 6.34. The molecular formula is C10H12ClNO. The molecule has 70 valence electrons. The molecule has 1 aromatic rings. The van der Waals surface area contributed by atoms with Crippen LogP contribution in [0.1, 0.15) is 23.7 Å². The van der Waals surface area contributed by atoms with E-state index in [9.17, 15) is 4.79 Å². The summed E-state index contributed by atoms with van der Waals surface area (Å²) < 4.78 is 0. The zero-order chi connectivity index (χ0) is 9.84. The van der Waals surface area contributed by atoms with Crippen LogP contribution in [0.25, 0.3) is 0 Å². The number of carbonyl (C=O) groups excluding carboxylic acids is 1. The lowest BCUT2D eigenvalue weighted by molar-refractivity contribution is 0.0959. The first-order valence-electron chi connectivity index (χ1n) is 4.21. The van der Waals surface area contributed by atoms with Crippen LogP contribution in [0.15, 0.2) is 24.3 Å². The third-order valence-corrected chi connectivity index (χ3v) is 2.25. The van der Waals surface area contributed by atoms with Gasteiger partial charge in [-0.25, -0.2) is 0 Å². The Kier molecular flexibility index (Phi) is 3.46. The first kappa shape index (κ1) is 10.2. The minimum absolute atomic E-state index is 0.0897. The van der Waals surface area contributed by atoms with Gasteiger partial charge in [0.15, 0.2) is 5.78 Å². The van der Waals surface area contributed by atoms with Gasteiger partial charge in [0.2, 0.25) is 0 Å². The molecule has 0 aliphatic rings. The second-order valence-corrected chi connectivity index (χ2v) is 3.27. The van der Waals surface area contributed by atoms with Gasteiger partial charge in [-0.2, -0.15) is 0 Å². The summed E-state index contributed by atoms with van der Waals surface area (Å²) >= 11 is 5.84. The fraction of sp³-hybridized carbons (Fsp3) is 0.300. The lowest BCUT2D eigenvalue weighted by atomic mass is 10.0. The number of rotatable bonds is 3. The molecule has 2 N–H and O–H groups in total. The number of halogens is 1. The Bertz CT molecular complexity index is 312. The number of hydrogen-bond donors (Lipinski definition) is 1. The van der Waals surface area contributed by atoms with Gasteiger partial charge in [0.05, 0.1) is 11.1 Å². The highest BCUT2D eigenvalue weighted by Crippen LogP contribution is 2.16. The first-order valence-corrected chi connectivity index (χ1v) is 4.59.